The zero-order valence-electron chi connectivity index (χ0n) is 11.5. The van der Waals surface area contributed by atoms with Gasteiger partial charge in [0.1, 0.15) is 18.8 Å². The number of nitrogens with zero attached hydrogens (tertiary/aromatic N) is 4. The lowest BCUT2D eigenvalue weighted by Crippen LogP contribution is -2.36. The molecule has 1 aliphatic heterocycles. The van der Waals surface area contributed by atoms with Gasteiger partial charge in [0.25, 0.3) is 0 Å². The SMILES string of the molecule is O=C(OCc1cccc(N2CCOCC2)n1)n1ccnc1. The molecule has 3 heterocycles. The normalized spacial score (nSPS) is 15.0. The fraction of sp³-hybridized carbons (Fsp3) is 0.357. The Morgan fingerprint density at radius 1 is 1.33 bits per heavy atom. The molecule has 0 amide bonds. The molecule has 0 N–H and O–H groups in total. The molecule has 2 aromatic rings. The van der Waals surface area contributed by atoms with Gasteiger partial charge in [0.15, 0.2) is 0 Å². The third-order valence-corrected chi connectivity index (χ3v) is 3.19. The average molecular weight is 288 g/mol. The molecule has 7 nitrogen and oxygen atoms in total. The van der Waals surface area contributed by atoms with Crippen LogP contribution in [0.15, 0.2) is 36.9 Å². The Balaban J connectivity index is 1.62. The van der Waals surface area contributed by atoms with Crippen molar-refractivity contribution in [3.63, 3.8) is 0 Å². The lowest BCUT2D eigenvalue weighted by molar-refractivity contribution is 0.122. The number of carbonyl (C=O) groups excluding carboxylic acids is 1. The molecule has 0 bridgehead atoms. The largest absolute Gasteiger partial charge is 0.442 e. The highest BCUT2D eigenvalue weighted by molar-refractivity contribution is 5.69. The van der Waals surface area contributed by atoms with Gasteiger partial charge in [-0.25, -0.2) is 19.3 Å². The molecule has 110 valence electrons. The van der Waals surface area contributed by atoms with Crippen molar-refractivity contribution in [2.75, 3.05) is 31.2 Å². The monoisotopic (exact) mass is 288 g/mol. The highest BCUT2D eigenvalue weighted by Gasteiger charge is 2.13. The van der Waals surface area contributed by atoms with Gasteiger partial charge in [0.2, 0.25) is 0 Å². The Morgan fingerprint density at radius 3 is 2.95 bits per heavy atom. The molecule has 0 unspecified atom stereocenters. The van der Waals surface area contributed by atoms with E-state index in [-0.39, 0.29) is 6.61 Å². The van der Waals surface area contributed by atoms with Crippen LogP contribution in [0.4, 0.5) is 10.6 Å². The molecule has 0 aliphatic carbocycles. The van der Waals surface area contributed by atoms with Crippen LogP contribution in [-0.2, 0) is 16.1 Å². The topological polar surface area (TPSA) is 69.5 Å². The van der Waals surface area contributed by atoms with Gasteiger partial charge in [-0.05, 0) is 12.1 Å². The van der Waals surface area contributed by atoms with E-state index in [9.17, 15) is 4.79 Å². The number of rotatable bonds is 3. The summed E-state index contributed by atoms with van der Waals surface area (Å²) >= 11 is 0. The number of ether oxygens (including phenoxy) is 2. The van der Waals surface area contributed by atoms with Crippen LogP contribution in [0, 0.1) is 0 Å². The summed E-state index contributed by atoms with van der Waals surface area (Å²) in [5, 5.41) is 0. The lowest BCUT2D eigenvalue weighted by atomic mass is 10.3. The first-order valence-corrected chi connectivity index (χ1v) is 6.76. The van der Waals surface area contributed by atoms with Crippen molar-refractivity contribution in [1.29, 1.82) is 0 Å². The quantitative estimate of drug-likeness (QED) is 0.848. The lowest BCUT2D eigenvalue weighted by Gasteiger charge is -2.28. The predicted octanol–water partition coefficient (Wildman–Crippen LogP) is 1.30. The van der Waals surface area contributed by atoms with Crippen LogP contribution in [0.5, 0.6) is 0 Å². The standard InChI is InChI=1S/C14H16N4O3/c19-14(18-5-4-15-11-18)21-10-12-2-1-3-13(16-12)17-6-8-20-9-7-17/h1-5,11H,6-10H2. The molecule has 0 spiro atoms. The van der Waals surface area contributed by atoms with Crippen LogP contribution in [0.3, 0.4) is 0 Å². The van der Waals surface area contributed by atoms with E-state index in [2.05, 4.69) is 14.9 Å². The number of hydrogen-bond acceptors (Lipinski definition) is 6. The van der Waals surface area contributed by atoms with Gasteiger partial charge in [0.05, 0.1) is 18.9 Å². The summed E-state index contributed by atoms with van der Waals surface area (Å²) in [6.45, 7) is 3.20. The van der Waals surface area contributed by atoms with Crippen LogP contribution in [0.25, 0.3) is 0 Å². The summed E-state index contributed by atoms with van der Waals surface area (Å²) in [5.41, 5.74) is 0.715. The van der Waals surface area contributed by atoms with E-state index in [1.54, 1.807) is 6.20 Å². The van der Waals surface area contributed by atoms with E-state index >= 15 is 0 Å². The number of morpholine rings is 1. The van der Waals surface area contributed by atoms with E-state index in [0.29, 0.717) is 18.9 Å². The Bertz CT molecular complexity index is 594. The van der Waals surface area contributed by atoms with Gasteiger partial charge in [-0.3, -0.25) is 0 Å². The smallest absolute Gasteiger partial charge is 0.419 e. The van der Waals surface area contributed by atoms with Gasteiger partial charge in [-0.1, -0.05) is 6.07 Å². The zero-order chi connectivity index (χ0) is 14.5. The molecule has 0 atom stereocenters. The molecule has 1 saturated heterocycles. The van der Waals surface area contributed by atoms with Gasteiger partial charge >= 0.3 is 6.09 Å². The van der Waals surface area contributed by atoms with Crippen molar-refractivity contribution in [3.8, 4) is 0 Å². The fourth-order valence-corrected chi connectivity index (χ4v) is 2.09. The van der Waals surface area contributed by atoms with E-state index in [1.165, 1.54) is 17.1 Å². The predicted molar refractivity (Wildman–Crippen MR) is 75.1 cm³/mol. The highest BCUT2D eigenvalue weighted by atomic mass is 16.5. The molecule has 3 rings (SSSR count). The van der Waals surface area contributed by atoms with Crippen molar-refractivity contribution in [1.82, 2.24) is 14.5 Å². The maximum absolute atomic E-state index is 11.7. The van der Waals surface area contributed by atoms with Gasteiger partial charge < -0.3 is 14.4 Å². The first kappa shape index (κ1) is 13.6. The Hall–Kier alpha value is -2.41. The molecule has 7 heteroatoms. The fourth-order valence-electron chi connectivity index (χ4n) is 2.09. The van der Waals surface area contributed by atoms with Gasteiger partial charge in [-0.15, -0.1) is 0 Å². The molecule has 1 fully saturated rings. The summed E-state index contributed by atoms with van der Waals surface area (Å²) in [6.07, 6.45) is 4.00. The van der Waals surface area contributed by atoms with E-state index < -0.39 is 6.09 Å². The number of carbonyl (C=O) groups is 1. The third-order valence-electron chi connectivity index (χ3n) is 3.19. The average Bonchev–Trinajstić information content (AvgIpc) is 3.08. The van der Waals surface area contributed by atoms with Crippen LogP contribution in [-0.4, -0.2) is 46.9 Å². The van der Waals surface area contributed by atoms with Crippen LogP contribution >= 0.6 is 0 Å². The minimum absolute atomic E-state index is 0.134. The second-order valence-electron chi connectivity index (χ2n) is 4.61. The second kappa shape index (κ2) is 6.36. The van der Waals surface area contributed by atoms with Crippen LogP contribution < -0.4 is 4.90 Å². The molecule has 21 heavy (non-hydrogen) atoms. The first-order valence-electron chi connectivity index (χ1n) is 6.76. The second-order valence-corrected chi connectivity index (χ2v) is 4.61. The molecule has 0 radical (unpaired) electrons. The number of pyridine rings is 1. The minimum Gasteiger partial charge on any atom is -0.442 e. The van der Waals surface area contributed by atoms with Crippen molar-refractivity contribution >= 4 is 11.9 Å². The maximum Gasteiger partial charge on any atom is 0.419 e. The molecule has 1 aliphatic rings. The minimum atomic E-state index is -0.467. The summed E-state index contributed by atoms with van der Waals surface area (Å²) in [7, 11) is 0. The molecular weight excluding hydrogens is 272 g/mol. The number of aromatic nitrogens is 3. The molecule has 0 aromatic carbocycles. The Labute approximate surface area is 122 Å². The van der Waals surface area contributed by atoms with Crippen LogP contribution in [0.2, 0.25) is 0 Å². The number of hydrogen-bond donors (Lipinski definition) is 0. The van der Waals surface area contributed by atoms with Gasteiger partial charge in [-0.2, -0.15) is 0 Å². The summed E-state index contributed by atoms with van der Waals surface area (Å²) in [5.74, 6) is 0.884. The van der Waals surface area contributed by atoms with E-state index in [4.69, 9.17) is 9.47 Å². The molecular formula is C14H16N4O3. The Kier molecular flexibility index (Phi) is 4.11. The van der Waals surface area contributed by atoms with Crippen molar-refractivity contribution in [2.24, 2.45) is 0 Å². The van der Waals surface area contributed by atoms with Crippen LogP contribution in [0.1, 0.15) is 5.69 Å². The zero-order valence-corrected chi connectivity index (χ0v) is 11.5. The third kappa shape index (κ3) is 3.38. The van der Waals surface area contributed by atoms with E-state index in [1.807, 2.05) is 18.2 Å². The number of imidazole rings is 1. The Morgan fingerprint density at radius 2 is 2.19 bits per heavy atom. The van der Waals surface area contributed by atoms with Gasteiger partial charge in [0, 0.05) is 25.5 Å². The van der Waals surface area contributed by atoms with Crippen molar-refractivity contribution < 1.29 is 14.3 Å². The highest BCUT2D eigenvalue weighted by Crippen LogP contribution is 2.13. The first-order chi connectivity index (χ1) is 10.3. The number of anilines is 1. The molecule has 2 aromatic heterocycles. The van der Waals surface area contributed by atoms with E-state index in [0.717, 1.165) is 18.9 Å². The molecule has 0 saturated carbocycles. The summed E-state index contributed by atoms with van der Waals surface area (Å²) in [6, 6.07) is 5.70. The van der Waals surface area contributed by atoms with Crippen molar-refractivity contribution in [2.45, 2.75) is 6.61 Å². The maximum atomic E-state index is 11.7. The summed E-state index contributed by atoms with van der Waals surface area (Å²) in [4.78, 5) is 22.2. The summed E-state index contributed by atoms with van der Waals surface area (Å²) < 4.78 is 11.8. The van der Waals surface area contributed by atoms with Crippen molar-refractivity contribution in [3.05, 3.63) is 42.6 Å².